The fourth-order valence-electron chi connectivity index (χ4n) is 1.03. The maximum absolute atomic E-state index is 4.19. The Balaban J connectivity index is 0.000000337. The number of nitrogens with zero attached hydrogens (tertiary/aromatic N) is 2. The van der Waals surface area contributed by atoms with Crippen molar-refractivity contribution in [2.24, 2.45) is 0 Å². The third-order valence-corrected chi connectivity index (χ3v) is 1.59. The molecule has 15 heavy (non-hydrogen) atoms. The van der Waals surface area contributed by atoms with Crippen molar-refractivity contribution in [1.82, 2.24) is 9.97 Å². The Morgan fingerprint density at radius 2 is 1.20 bits per heavy atom. The standard InChI is InChI=1S/C10H8N2.2BrH.Co/c1-3-7-11-9(5-1)10-6-2-4-8-12-10;;;/h1-8H;2*1H;/q;;;+2/p-2. The molecule has 0 aromatic carbocycles. The summed E-state index contributed by atoms with van der Waals surface area (Å²) in [5.74, 6) is 0. The first kappa shape index (κ1) is 12.8. The van der Waals surface area contributed by atoms with Crippen molar-refractivity contribution in [2.75, 3.05) is 0 Å². The Hall–Kier alpha value is -0.234. The van der Waals surface area contributed by atoms with Gasteiger partial charge in [-0.25, -0.2) is 0 Å². The first-order valence-corrected chi connectivity index (χ1v) is 9.19. The van der Waals surface area contributed by atoms with E-state index in [0.717, 1.165) is 22.5 Å². The van der Waals surface area contributed by atoms with Crippen molar-refractivity contribution in [3.8, 4) is 11.4 Å². The Morgan fingerprint density at radius 3 is 1.47 bits per heavy atom. The van der Waals surface area contributed by atoms with Gasteiger partial charge < -0.3 is 0 Å². The Morgan fingerprint density at radius 1 is 0.800 bits per heavy atom. The number of aromatic nitrogens is 2. The van der Waals surface area contributed by atoms with Gasteiger partial charge in [0.25, 0.3) is 0 Å². The van der Waals surface area contributed by atoms with Gasteiger partial charge in [-0.05, 0) is 24.3 Å². The van der Waals surface area contributed by atoms with Crippen LogP contribution < -0.4 is 0 Å². The molecule has 0 radical (unpaired) electrons. The molecule has 2 aromatic heterocycles. The minimum atomic E-state index is 0.915. The largest absolute Gasteiger partial charge is 0.255 e. The van der Waals surface area contributed by atoms with E-state index < -0.39 is 0 Å². The van der Waals surface area contributed by atoms with E-state index in [-0.39, 0.29) is 0 Å². The number of hydrogen-bond donors (Lipinski definition) is 0. The van der Waals surface area contributed by atoms with E-state index in [4.69, 9.17) is 0 Å². The van der Waals surface area contributed by atoms with E-state index in [1.165, 1.54) is 0 Å². The minimum Gasteiger partial charge on any atom is -0.255 e. The van der Waals surface area contributed by atoms with Crippen molar-refractivity contribution in [3.63, 3.8) is 0 Å². The van der Waals surface area contributed by atoms with Crippen LogP contribution in [-0.2, 0) is 11.1 Å². The summed E-state index contributed by atoms with van der Waals surface area (Å²) in [6, 6.07) is 11.6. The van der Waals surface area contributed by atoms with Crippen molar-refractivity contribution in [3.05, 3.63) is 48.8 Å². The second-order valence-electron chi connectivity index (χ2n) is 2.48. The number of halogens is 2. The van der Waals surface area contributed by atoms with E-state index in [1.54, 1.807) is 12.4 Å². The molecule has 2 aromatic rings. The first-order valence-electron chi connectivity index (χ1n) is 4.04. The van der Waals surface area contributed by atoms with E-state index in [1.807, 2.05) is 36.4 Å². The molecule has 0 N–H and O–H groups in total. The van der Waals surface area contributed by atoms with Crippen LogP contribution in [0.1, 0.15) is 0 Å². The summed E-state index contributed by atoms with van der Waals surface area (Å²) in [4.78, 5) is 8.37. The zero-order valence-electron chi connectivity index (χ0n) is 7.60. The predicted octanol–water partition coefficient (Wildman–Crippen LogP) is 3.83. The number of rotatable bonds is 1. The Bertz CT molecular complexity index is 332. The molecule has 81 valence electrons. The summed E-state index contributed by atoms with van der Waals surface area (Å²) < 4.78 is 0. The van der Waals surface area contributed by atoms with Crippen molar-refractivity contribution in [1.29, 1.82) is 0 Å². The van der Waals surface area contributed by atoms with Gasteiger partial charge in [0.05, 0.1) is 11.4 Å². The fourth-order valence-corrected chi connectivity index (χ4v) is 1.03. The first-order chi connectivity index (χ1) is 7.38. The van der Waals surface area contributed by atoms with Gasteiger partial charge in [0.1, 0.15) is 0 Å². The smallest absolute Gasteiger partial charge is 0.0886 e. The van der Waals surface area contributed by atoms with Crippen LogP contribution >= 0.6 is 28.3 Å². The molecule has 5 heteroatoms. The zero-order chi connectivity index (χ0) is 10.9. The third-order valence-electron chi connectivity index (χ3n) is 1.59. The summed E-state index contributed by atoms with van der Waals surface area (Å²) in [6.45, 7) is 0. The van der Waals surface area contributed by atoms with Gasteiger partial charge in [-0.15, -0.1) is 0 Å². The van der Waals surface area contributed by atoms with Crippen molar-refractivity contribution >= 4 is 28.3 Å². The summed E-state index contributed by atoms with van der Waals surface area (Å²) in [5, 5.41) is 0. The molecule has 0 aliphatic carbocycles. The molecule has 0 saturated carbocycles. The van der Waals surface area contributed by atoms with Crippen LogP contribution in [0.3, 0.4) is 0 Å². The molecule has 0 atom stereocenters. The monoisotopic (exact) mass is 373 g/mol. The Kier molecular flexibility index (Phi) is 6.83. The Labute approximate surface area is 109 Å². The number of pyridine rings is 2. The van der Waals surface area contributed by atoms with Crippen molar-refractivity contribution < 1.29 is 11.1 Å². The molecular formula is C10H8Br2CoN2. The predicted molar refractivity (Wildman–Crippen MR) is 65.3 cm³/mol. The average Bonchev–Trinajstić information content (AvgIpc) is 2.32. The van der Waals surface area contributed by atoms with E-state index in [2.05, 4.69) is 38.3 Å². The zero-order valence-corrected chi connectivity index (χ0v) is 11.8. The molecule has 0 aliphatic heterocycles. The second-order valence-corrected chi connectivity index (χ2v) is 7.73. The molecule has 2 rings (SSSR count). The normalized spacial score (nSPS) is 9.20. The quantitative estimate of drug-likeness (QED) is 0.758. The summed E-state index contributed by atoms with van der Waals surface area (Å²) in [5.41, 5.74) is 1.83. The molecule has 2 nitrogen and oxygen atoms in total. The molecule has 0 unspecified atom stereocenters. The summed E-state index contributed by atoms with van der Waals surface area (Å²) in [6.07, 6.45) is 3.54. The van der Waals surface area contributed by atoms with Gasteiger partial charge in [-0.2, -0.15) is 0 Å². The van der Waals surface area contributed by atoms with Crippen LogP contribution in [0.15, 0.2) is 48.8 Å². The molecule has 2 heterocycles. The fraction of sp³-hybridized carbons (Fsp3) is 0. The van der Waals surface area contributed by atoms with E-state index in [9.17, 15) is 0 Å². The molecule has 0 spiro atoms. The molecule has 0 aliphatic rings. The average molecular weight is 375 g/mol. The minimum absolute atomic E-state index is 0.915. The van der Waals surface area contributed by atoms with Gasteiger partial charge in [-0.1, -0.05) is 12.1 Å². The van der Waals surface area contributed by atoms with Gasteiger partial charge in [-0.3, -0.25) is 9.97 Å². The van der Waals surface area contributed by atoms with Crippen LogP contribution in [0.4, 0.5) is 0 Å². The van der Waals surface area contributed by atoms with Crippen LogP contribution in [0.5, 0.6) is 0 Å². The van der Waals surface area contributed by atoms with Crippen LogP contribution in [0.25, 0.3) is 11.4 Å². The molecule has 0 fully saturated rings. The number of hydrogen-bond acceptors (Lipinski definition) is 2. The molecular weight excluding hydrogens is 367 g/mol. The maximum atomic E-state index is 4.19. The SMILES string of the molecule is [Br][Co][Br].c1ccc(-c2ccccn2)nc1. The maximum Gasteiger partial charge on any atom is 0.0886 e. The van der Waals surface area contributed by atoms with Crippen LogP contribution in [0.2, 0.25) is 0 Å². The van der Waals surface area contributed by atoms with Gasteiger partial charge >= 0.3 is 39.5 Å². The second kappa shape index (κ2) is 7.98. The molecule has 0 amide bonds. The van der Waals surface area contributed by atoms with E-state index >= 15 is 0 Å². The van der Waals surface area contributed by atoms with Crippen molar-refractivity contribution in [2.45, 2.75) is 0 Å². The molecule has 0 saturated heterocycles. The van der Waals surface area contributed by atoms with Gasteiger partial charge in [0.2, 0.25) is 0 Å². The summed E-state index contributed by atoms with van der Waals surface area (Å²) >= 11 is 7.12. The topological polar surface area (TPSA) is 25.8 Å². The van der Waals surface area contributed by atoms with E-state index in [0.29, 0.717) is 0 Å². The molecule has 0 bridgehead atoms. The summed E-state index contributed by atoms with van der Waals surface area (Å²) in [7, 11) is 0. The van der Waals surface area contributed by atoms with Crippen LogP contribution in [-0.4, -0.2) is 9.97 Å². The van der Waals surface area contributed by atoms with Gasteiger partial charge in [0.15, 0.2) is 0 Å². The van der Waals surface area contributed by atoms with Crippen LogP contribution in [0, 0.1) is 0 Å². The van der Waals surface area contributed by atoms with Gasteiger partial charge in [0, 0.05) is 12.4 Å². The third kappa shape index (κ3) is 4.88.